The van der Waals surface area contributed by atoms with E-state index in [1.165, 1.54) is 24.3 Å². The Hall–Kier alpha value is -0.450. The number of furan rings is 1. The molecule has 0 amide bonds. The second-order valence-corrected chi connectivity index (χ2v) is 7.34. The third kappa shape index (κ3) is 3.77. The summed E-state index contributed by atoms with van der Waals surface area (Å²) in [6.07, 6.45) is 3.05. The first kappa shape index (κ1) is 14.0. The summed E-state index contributed by atoms with van der Waals surface area (Å²) in [5.74, 6) is 2.34. The van der Waals surface area contributed by atoms with Crippen LogP contribution >= 0.6 is 11.8 Å². The molecule has 2 heterocycles. The summed E-state index contributed by atoms with van der Waals surface area (Å²) in [5, 5.41) is 3.19. The van der Waals surface area contributed by atoms with E-state index in [0.29, 0.717) is 4.75 Å². The molecule has 1 aromatic heterocycles. The predicted molar refractivity (Wildman–Crippen MR) is 77.9 cm³/mol. The molecule has 18 heavy (non-hydrogen) atoms. The number of nitrogens with one attached hydrogen (secondary N) is 1. The van der Waals surface area contributed by atoms with E-state index in [4.69, 9.17) is 4.42 Å². The van der Waals surface area contributed by atoms with Gasteiger partial charge in [-0.2, -0.15) is 11.8 Å². The van der Waals surface area contributed by atoms with E-state index in [9.17, 15) is 0 Å². The van der Waals surface area contributed by atoms with E-state index in [0.717, 1.165) is 25.4 Å². The maximum atomic E-state index is 5.62. The van der Waals surface area contributed by atoms with Gasteiger partial charge >= 0.3 is 0 Å². The minimum absolute atomic E-state index is 0.422. The Morgan fingerprint density at radius 3 is 3.06 bits per heavy atom. The van der Waals surface area contributed by atoms with Crippen molar-refractivity contribution in [1.82, 2.24) is 10.2 Å². The molecule has 0 aromatic carbocycles. The van der Waals surface area contributed by atoms with Gasteiger partial charge in [0, 0.05) is 29.2 Å². The number of nitrogens with zero attached hydrogens (tertiary/aromatic N) is 1. The monoisotopic (exact) mass is 268 g/mol. The molecule has 0 radical (unpaired) electrons. The van der Waals surface area contributed by atoms with Crippen molar-refractivity contribution < 1.29 is 4.42 Å². The van der Waals surface area contributed by atoms with Crippen LogP contribution in [0.1, 0.15) is 31.6 Å². The van der Waals surface area contributed by atoms with Crippen molar-refractivity contribution in [2.24, 2.45) is 0 Å². The van der Waals surface area contributed by atoms with E-state index in [1.54, 1.807) is 6.26 Å². The first-order valence-corrected chi connectivity index (χ1v) is 7.65. The van der Waals surface area contributed by atoms with Gasteiger partial charge in [-0.05, 0) is 26.1 Å². The maximum Gasteiger partial charge on any atom is 0.122 e. The predicted octanol–water partition coefficient (Wildman–Crippen LogP) is 2.72. The zero-order chi connectivity index (χ0) is 13.0. The summed E-state index contributed by atoms with van der Waals surface area (Å²) in [6, 6.07) is 2.07. The minimum Gasteiger partial charge on any atom is -0.468 e. The SMILES string of the molecule is CNCc1ccoc1CN1CCSC(C)(C)CC1. The molecular weight excluding hydrogens is 244 g/mol. The van der Waals surface area contributed by atoms with Gasteiger partial charge in [-0.3, -0.25) is 4.90 Å². The molecule has 0 unspecified atom stereocenters. The Labute approximate surface area is 114 Å². The van der Waals surface area contributed by atoms with Crippen LogP contribution < -0.4 is 5.32 Å². The van der Waals surface area contributed by atoms with Crippen LogP contribution in [-0.4, -0.2) is 35.5 Å². The third-order valence-electron chi connectivity index (χ3n) is 3.50. The summed E-state index contributed by atoms with van der Waals surface area (Å²) in [4.78, 5) is 2.51. The second kappa shape index (κ2) is 6.13. The lowest BCUT2D eigenvalue weighted by Crippen LogP contribution is -2.27. The Balaban J connectivity index is 1.94. The van der Waals surface area contributed by atoms with Crippen molar-refractivity contribution in [3.8, 4) is 0 Å². The van der Waals surface area contributed by atoms with Gasteiger partial charge in [0.25, 0.3) is 0 Å². The Kier molecular flexibility index (Phi) is 4.76. The second-order valence-electron chi connectivity index (χ2n) is 5.53. The lowest BCUT2D eigenvalue weighted by atomic mass is 10.1. The van der Waals surface area contributed by atoms with Crippen LogP contribution in [0.4, 0.5) is 0 Å². The molecule has 0 bridgehead atoms. The largest absolute Gasteiger partial charge is 0.468 e. The number of thioether (sulfide) groups is 1. The van der Waals surface area contributed by atoms with Crippen LogP contribution in [-0.2, 0) is 13.1 Å². The van der Waals surface area contributed by atoms with Gasteiger partial charge in [0.1, 0.15) is 5.76 Å². The van der Waals surface area contributed by atoms with Gasteiger partial charge in [-0.25, -0.2) is 0 Å². The zero-order valence-electron chi connectivity index (χ0n) is 11.7. The van der Waals surface area contributed by atoms with Crippen molar-refractivity contribution in [2.75, 3.05) is 25.9 Å². The summed E-state index contributed by atoms with van der Waals surface area (Å²) in [6.45, 7) is 8.86. The smallest absolute Gasteiger partial charge is 0.122 e. The molecule has 102 valence electrons. The summed E-state index contributed by atoms with van der Waals surface area (Å²) >= 11 is 2.09. The van der Waals surface area contributed by atoms with Crippen molar-refractivity contribution in [3.63, 3.8) is 0 Å². The van der Waals surface area contributed by atoms with E-state index in [1.807, 2.05) is 7.05 Å². The molecule has 1 aliphatic heterocycles. The number of rotatable bonds is 4. The molecule has 1 fully saturated rings. The molecule has 2 rings (SSSR count). The molecule has 0 atom stereocenters. The molecule has 3 nitrogen and oxygen atoms in total. The molecule has 0 aliphatic carbocycles. The molecule has 1 N–H and O–H groups in total. The summed E-state index contributed by atoms with van der Waals surface area (Å²) in [7, 11) is 1.97. The standard InChI is InChI=1S/C14H24N2OS/c1-14(2)5-6-16(7-9-18-14)11-13-12(10-15-3)4-8-17-13/h4,8,15H,5-7,9-11H2,1-3H3. The van der Waals surface area contributed by atoms with Crippen LogP contribution in [0.5, 0.6) is 0 Å². The van der Waals surface area contributed by atoms with Crippen molar-refractivity contribution >= 4 is 11.8 Å². The quantitative estimate of drug-likeness (QED) is 0.909. The average Bonchev–Trinajstić information content (AvgIpc) is 2.66. The molecule has 4 heteroatoms. The maximum absolute atomic E-state index is 5.62. The molecule has 1 aliphatic rings. The normalized spacial score (nSPS) is 20.8. The van der Waals surface area contributed by atoms with Gasteiger partial charge in [0.05, 0.1) is 12.8 Å². The summed E-state index contributed by atoms with van der Waals surface area (Å²) in [5.41, 5.74) is 1.29. The molecule has 0 saturated carbocycles. The highest BCUT2D eigenvalue weighted by Gasteiger charge is 2.24. The lowest BCUT2D eigenvalue weighted by molar-refractivity contribution is 0.252. The van der Waals surface area contributed by atoms with E-state index >= 15 is 0 Å². The average molecular weight is 268 g/mol. The van der Waals surface area contributed by atoms with Gasteiger partial charge in [-0.15, -0.1) is 0 Å². The summed E-state index contributed by atoms with van der Waals surface area (Å²) < 4.78 is 6.05. The highest BCUT2D eigenvalue weighted by atomic mass is 32.2. The first-order chi connectivity index (χ1) is 8.61. The number of hydrogen-bond donors (Lipinski definition) is 1. The number of hydrogen-bond acceptors (Lipinski definition) is 4. The van der Waals surface area contributed by atoms with Gasteiger partial charge in [-0.1, -0.05) is 13.8 Å². The van der Waals surface area contributed by atoms with Crippen LogP contribution in [0, 0.1) is 0 Å². The molecule has 1 saturated heterocycles. The van der Waals surface area contributed by atoms with Crippen molar-refractivity contribution in [2.45, 2.75) is 38.1 Å². The Morgan fingerprint density at radius 2 is 2.28 bits per heavy atom. The first-order valence-electron chi connectivity index (χ1n) is 6.67. The fourth-order valence-electron chi connectivity index (χ4n) is 2.28. The fraction of sp³-hybridized carbons (Fsp3) is 0.714. The van der Waals surface area contributed by atoms with Crippen molar-refractivity contribution in [3.05, 3.63) is 23.7 Å². The Morgan fingerprint density at radius 1 is 1.44 bits per heavy atom. The van der Waals surface area contributed by atoms with Crippen LogP contribution in [0.15, 0.2) is 16.7 Å². The molecule has 0 spiro atoms. The van der Waals surface area contributed by atoms with Crippen LogP contribution in [0.25, 0.3) is 0 Å². The van der Waals surface area contributed by atoms with E-state index in [-0.39, 0.29) is 0 Å². The molecular formula is C14H24N2OS. The fourth-order valence-corrected chi connectivity index (χ4v) is 3.41. The Bertz CT molecular complexity index is 376. The van der Waals surface area contributed by atoms with Gasteiger partial charge in [0.15, 0.2) is 0 Å². The zero-order valence-corrected chi connectivity index (χ0v) is 12.5. The van der Waals surface area contributed by atoms with Crippen molar-refractivity contribution in [1.29, 1.82) is 0 Å². The topological polar surface area (TPSA) is 28.4 Å². The highest BCUT2D eigenvalue weighted by molar-refractivity contribution is 8.00. The van der Waals surface area contributed by atoms with Crippen LogP contribution in [0.2, 0.25) is 0 Å². The van der Waals surface area contributed by atoms with Gasteiger partial charge in [0.2, 0.25) is 0 Å². The van der Waals surface area contributed by atoms with Gasteiger partial charge < -0.3 is 9.73 Å². The highest BCUT2D eigenvalue weighted by Crippen LogP contribution is 2.31. The van der Waals surface area contributed by atoms with Crippen LogP contribution in [0.3, 0.4) is 0 Å². The van der Waals surface area contributed by atoms with E-state index < -0.39 is 0 Å². The minimum atomic E-state index is 0.422. The third-order valence-corrected chi connectivity index (χ3v) is 4.87. The molecule has 1 aromatic rings. The van der Waals surface area contributed by atoms with E-state index in [2.05, 4.69) is 41.9 Å². The lowest BCUT2D eigenvalue weighted by Gasteiger charge is -2.22.